The van der Waals surface area contributed by atoms with E-state index in [0.29, 0.717) is 17.4 Å². The Bertz CT molecular complexity index is 1140. The number of ether oxygens (including phenoxy) is 1. The first-order valence-corrected chi connectivity index (χ1v) is 10.2. The smallest absolute Gasteiger partial charge is 0.329 e. The highest BCUT2D eigenvalue weighted by atomic mass is 35.5. The van der Waals surface area contributed by atoms with Crippen molar-refractivity contribution in [3.63, 3.8) is 0 Å². The molecule has 0 aromatic heterocycles. The molecule has 0 aliphatic carbocycles. The van der Waals surface area contributed by atoms with Crippen LogP contribution in [0.2, 0.25) is 5.02 Å². The summed E-state index contributed by atoms with van der Waals surface area (Å²) in [5.41, 5.74) is 4.06. The molecule has 0 bridgehead atoms. The third kappa shape index (κ3) is 5.13. The zero-order chi connectivity index (χ0) is 21.8. The molecular weight excluding hydrogens is 412 g/mol. The van der Waals surface area contributed by atoms with Gasteiger partial charge in [-0.3, -0.25) is 9.69 Å². The third-order valence-electron chi connectivity index (χ3n) is 4.90. The monoisotopic (exact) mass is 432 g/mol. The maximum absolute atomic E-state index is 12.7. The summed E-state index contributed by atoms with van der Waals surface area (Å²) in [4.78, 5) is 26.2. The predicted molar refractivity (Wildman–Crippen MR) is 120 cm³/mol. The number of nitrogens with one attached hydrogen (secondary N) is 1. The Labute approximate surface area is 185 Å². The molecule has 1 fully saturated rings. The van der Waals surface area contributed by atoms with Gasteiger partial charge in [0, 0.05) is 5.02 Å². The highest BCUT2D eigenvalue weighted by Crippen LogP contribution is 2.20. The van der Waals surface area contributed by atoms with Gasteiger partial charge in [-0.1, -0.05) is 65.7 Å². The molecule has 0 saturated carbocycles. The van der Waals surface area contributed by atoms with Crippen molar-refractivity contribution in [2.45, 2.75) is 20.1 Å². The van der Waals surface area contributed by atoms with E-state index in [2.05, 4.69) is 5.32 Å². The SMILES string of the molecule is Cc1cccc(CN2C(=O)N/C(=C/c3ccc(OCc4ccc(Cl)cc4)cc3)C2=O)c1. The molecule has 1 aliphatic rings. The Hall–Kier alpha value is -3.57. The van der Waals surface area contributed by atoms with Crippen LogP contribution in [0.15, 0.2) is 78.5 Å². The summed E-state index contributed by atoms with van der Waals surface area (Å²) >= 11 is 5.89. The van der Waals surface area contributed by atoms with Crippen LogP contribution in [-0.2, 0) is 17.9 Å². The van der Waals surface area contributed by atoms with E-state index in [1.807, 2.05) is 79.7 Å². The van der Waals surface area contributed by atoms with E-state index in [4.69, 9.17) is 16.3 Å². The number of carbonyl (C=O) groups excluding carboxylic acids is 2. The van der Waals surface area contributed by atoms with E-state index in [-0.39, 0.29) is 18.1 Å². The number of aryl methyl sites for hydroxylation is 1. The van der Waals surface area contributed by atoms with Gasteiger partial charge in [0.2, 0.25) is 0 Å². The first kappa shape index (κ1) is 20.7. The van der Waals surface area contributed by atoms with Crippen molar-refractivity contribution in [3.05, 3.63) is 106 Å². The minimum atomic E-state index is -0.416. The van der Waals surface area contributed by atoms with Crippen LogP contribution in [0.5, 0.6) is 5.75 Å². The molecule has 1 aliphatic heterocycles. The number of rotatable bonds is 6. The third-order valence-corrected chi connectivity index (χ3v) is 5.15. The first-order chi connectivity index (χ1) is 15.0. The largest absolute Gasteiger partial charge is 0.489 e. The number of hydrogen-bond acceptors (Lipinski definition) is 3. The van der Waals surface area contributed by atoms with Crippen molar-refractivity contribution in [2.75, 3.05) is 0 Å². The first-order valence-electron chi connectivity index (χ1n) is 9.85. The molecule has 0 unspecified atom stereocenters. The van der Waals surface area contributed by atoms with E-state index >= 15 is 0 Å². The maximum atomic E-state index is 12.7. The molecule has 0 spiro atoms. The fraction of sp³-hybridized carbons (Fsp3) is 0.120. The van der Waals surface area contributed by atoms with Crippen LogP contribution in [0.1, 0.15) is 22.3 Å². The van der Waals surface area contributed by atoms with Crippen LogP contribution in [0, 0.1) is 6.92 Å². The van der Waals surface area contributed by atoms with Gasteiger partial charge >= 0.3 is 6.03 Å². The fourth-order valence-corrected chi connectivity index (χ4v) is 3.41. The summed E-state index contributed by atoms with van der Waals surface area (Å²) in [5.74, 6) is 0.370. The molecule has 1 N–H and O–H groups in total. The van der Waals surface area contributed by atoms with Gasteiger partial charge in [0.05, 0.1) is 6.54 Å². The normalized spacial score (nSPS) is 14.8. The van der Waals surface area contributed by atoms with Gasteiger partial charge in [-0.05, 0) is 54.0 Å². The molecule has 1 heterocycles. The number of benzene rings is 3. The molecule has 0 radical (unpaired) electrons. The van der Waals surface area contributed by atoms with Gasteiger partial charge in [-0.2, -0.15) is 0 Å². The number of nitrogens with zero attached hydrogens (tertiary/aromatic N) is 1. The van der Waals surface area contributed by atoms with E-state index in [0.717, 1.165) is 22.3 Å². The van der Waals surface area contributed by atoms with Crippen LogP contribution in [0.25, 0.3) is 6.08 Å². The summed E-state index contributed by atoms with van der Waals surface area (Å²) in [6.45, 7) is 2.64. The average Bonchev–Trinajstić information content (AvgIpc) is 3.02. The molecular formula is C25H21ClN2O3. The van der Waals surface area contributed by atoms with Crippen LogP contribution in [0.3, 0.4) is 0 Å². The molecule has 6 heteroatoms. The minimum Gasteiger partial charge on any atom is -0.489 e. The summed E-state index contributed by atoms with van der Waals surface area (Å²) in [7, 11) is 0. The van der Waals surface area contributed by atoms with Crippen LogP contribution < -0.4 is 10.1 Å². The van der Waals surface area contributed by atoms with Crippen LogP contribution in [-0.4, -0.2) is 16.8 Å². The van der Waals surface area contributed by atoms with Crippen LogP contribution in [0.4, 0.5) is 4.79 Å². The molecule has 1 saturated heterocycles. The van der Waals surface area contributed by atoms with E-state index in [1.165, 1.54) is 4.90 Å². The van der Waals surface area contributed by atoms with E-state index in [1.54, 1.807) is 6.08 Å². The highest BCUT2D eigenvalue weighted by molar-refractivity contribution is 6.30. The Morgan fingerprint density at radius 1 is 0.968 bits per heavy atom. The number of amides is 3. The zero-order valence-corrected chi connectivity index (χ0v) is 17.7. The number of carbonyl (C=O) groups is 2. The van der Waals surface area contributed by atoms with Crippen molar-refractivity contribution in [1.29, 1.82) is 0 Å². The van der Waals surface area contributed by atoms with Gasteiger partial charge in [0.1, 0.15) is 18.1 Å². The summed E-state index contributed by atoms with van der Waals surface area (Å²) in [6.07, 6.45) is 1.67. The van der Waals surface area contributed by atoms with Crippen molar-refractivity contribution in [2.24, 2.45) is 0 Å². The lowest BCUT2D eigenvalue weighted by Gasteiger charge is -2.12. The number of halogens is 1. The zero-order valence-electron chi connectivity index (χ0n) is 17.0. The quantitative estimate of drug-likeness (QED) is 0.423. The molecule has 3 amide bonds. The molecule has 156 valence electrons. The van der Waals surface area contributed by atoms with Gasteiger partial charge in [-0.15, -0.1) is 0 Å². The molecule has 3 aromatic rings. The number of hydrogen-bond donors (Lipinski definition) is 1. The Kier molecular flexibility index (Phi) is 6.05. The van der Waals surface area contributed by atoms with E-state index < -0.39 is 6.03 Å². The molecule has 3 aromatic carbocycles. The predicted octanol–water partition coefficient (Wildman–Crippen LogP) is 5.32. The van der Waals surface area contributed by atoms with E-state index in [9.17, 15) is 9.59 Å². The van der Waals surface area contributed by atoms with Crippen molar-refractivity contribution in [3.8, 4) is 5.75 Å². The summed E-state index contributed by atoms with van der Waals surface area (Å²) < 4.78 is 5.78. The molecule has 0 atom stereocenters. The van der Waals surface area contributed by atoms with Gasteiger partial charge in [0.15, 0.2) is 0 Å². The van der Waals surface area contributed by atoms with Gasteiger partial charge in [0.25, 0.3) is 5.91 Å². The Morgan fingerprint density at radius 3 is 2.42 bits per heavy atom. The molecule has 4 rings (SSSR count). The molecule has 5 nitrogen and oxygen atoms in total. The fourth-order valence-electron chi connectivity index (χ4n) is 3.28. The molecule has 31 heavy (non-hydrogen) atoms. The topological polar surface area (TPSA) is 58.6 Å². The average molecular weight is 433 g/mol. The summed E-state index contributed by atoms with van der Waals surface area (Å²) in [5, 5.41) is 3.35. The minimum absolute atomic E-state index is 0.237. The Morgan fingerprint density at radius 2 is 1.71 bits per heavy atom. The lowest BCUT2D eigenvalue weighted by atomic mass is 10.1. The maximum Gasteiger partial charge on any atom is 0.329 e. The highest BCUT2D eigenvalue weighted by Gasteiger charge is 2.33. The standard InChI is InChI=1S/C25H21ClN2O3/c1-17-3-2-4-20(13-17)15-28-24(29)23(27-25(28)30)14-18-7-11-22(12-8-18)31-16-19-5-9-21(26)10-6-19/h2-14H,15-16H2,1H3,(H,27,30)/b23-14+. The lowest BCUT2D eigenvalue weighted by molar-refractivity contribution is -0.123. The second kappa shape index (κ2) is 9.06. The van der Waals surface area contributed by atoms with Gasteiger partial charge < -0.3 is 10.1 Å². The van der Waals surface area contributed by atoms with Crippen molar-refractivity contribution < 1.29 is 14.3 Å². The summed E-state index contributed by atoms with van der Waals surface area (Å²) in [6, 6.07) is 22.1. The lowest BCUT2D eigenvalue weighted by Crippen LogP contribution is -2.30. The van der Waals surface area contributed by atoms with Crippen molar-refractivity contribution >= 4 is 29.6 Å². The van der Waals surface area contributed by atoms with Gasteiger partial charge in [-0.25, -0.2) is 4.79 Å². The number of imide groups is 1. The van der Waals surface area contributed by atoms with Crippen LogP contribution >= 0.6 is 11.6 Å². The second-order valence-electron chi connectivity index (χ2n) is 7.35. The Balaban J connectivity index is 1.40. The second-order valence-corrected chi connectivity index (χ2v) is 7.79. The van der Waals surface area contributed by atoms with Crippen molar-refractivity contribution in [1.82, 2.24) is 10.2 Å². The number of urea groups is 1.